The van der Waals surface area contributed by atoms with E-state index in [4.69, 9.17) is 10.2 Å². The number of carbonyl (C=O) groups is 1. The first-order valence-corrected chi connectivity index (χ1v) is 8.25. The monoisotopic (exact) mass is 413 g/mol. The van der Waals surface area contributed by atoms with Crippen LogP contribution < -0.4 is 11.1 Å². The number of hydrogen-bond donors (Lipinski definition) is 2. The van der Waals surface area contributed by atoms with Crippen molar-refractivity contribution in [3.05, 3.63) is 36.2 Å². The lowest BCUT2D eigenvalue weighted by Crippen LogP contribution is -2.45. The summed E-state index contributed by atoms with van der Waals surface area (Å²) in [5, 5.41) is 7.98. The van der Waals surface area contributed by atoms with Crippen molar-refractivity contribution in [2.24, 2.45) is 5.73 Å². The Morgan fingerprint density at radius 3 is 2.63 bits per heavy atom. The first-order chi connectivity index (χ1) is 11.8. The number of rotatable bonds is 5. The normalized spacial score (nSPS) is 11.2. The van der Waals surface area contributed by atoms with Crippen LogP contribution in [0.25, 0.3) is 22.5 Å². The summed E-state index contributed by atoms with van der Waals surface area (Å²) in [7, 11) is 0. The van der Waals surface area contributed by atoms with Crippen molar-refractivity contribution in [1.82, 2.24) is 20.1 Å². The fourth-order valence-electron chi connectivity index (χ4n) is 2.54. The number of halogens is 2. The predicted octanol–water partition coefficient (Wildman–Crippen LogP) is 3.58. The van der Waals surface area contributed by atoms with E-state index in [0.717, 1.165) is 0 Å². The van der Waals surface area contributed by atoms with Crippen LogP contribution in [0.1, 0.15) is 44.1 Å². The average Bonchev–Trinajstić information content (AvgIpc) is 3.19. The molecule has 0 aliphatic carbocycles. The largest absolute Gasteiger partial charge is 0.463 e. The lowest BCUT2D eigenvalue weighted by molar-refractivity contribution is 0.0947. The summed E-state index contributed by atoms with van der Waals surface area (Å²) in [5.74, 6) is 0.397. The minimum Gasteiger partial charge on any atom is -0.463 e. The molecule has 3 heterocycles. The van der Waals surface area contributed by atoms with Gasteiger partial charge in [0.25, 0.3) is 5.91 Å². The summed E-state index contributed by atoms with van der Waals surface area (Å²) in [6.45, 7) is 8.12. The van der Waals surface area contributed by atoms with Gasteiger partial charge in [0.05, 0.1) is 23.4 Å². The third-order valence-electron chi connectivity index (χ3n) is 3.78. The molecule has 0 spiro atoms. The Morgan fingerprint density at radius 2 is 2.07 bits per heavy atom. The van der Waals surface area contributed by atoms with Crippen LogP contribution in [0.15, 0.2) is 35.1 Å². The molecule has 27 heavy (non-hydrogen) atoms. The number of aromatic nitrogens is 3. The molecule has 0 saturated carbocycles. The second-order valence-corrected chi connectivity index (χ2v) is 7.12. The predicted molar refractivity (Wildman–Crippen MR) is 111 cm³/mol. The summed E-state index contributed by atoms with van der Waals surface area (Å²) >= 11 is 0. The van der Waals surface area contributed by atoms with E-state index in [1.165, 1.54) is 0 Å². The average molecular weight is 414 g/mol. The SMILES string of the molecule is CC(C)n1ncc2c(C(=O)NCC(C)(C)N)cc(-c3ccco3)nc21.Cl.Cl. The van der Waals surface area contributed by atoms with Gasteiger partial charge in [-0.2, -0.15) is 5.10 Å². The molecule has 0 radical (unpaired) electrons. The Kier molecular flexibility index (Phi) is 7.42. The zero-order valence-electron chi connectivity index (χ0n) is 15.7. The molecule has 0 fully saturated rings. The van der Waals surface area contributed by atoms with E-state index in [2.05, 4.69) is 15.4 Å². The fourth-order valence-corrected chi connectivity index (χ4v) is 2.54. The minimum absolute atomic E-state index is 0. The van der Waals surface area contributed by atoms with Crippen molar-refractivity contribution in [1.29, 1.82) is 0 Å². The summed E-state index contributed by atoms with van der Waals surface area (Å²) in [6, 6.07) is 5.45. The number of amides is 1. The van der Waals surface area contributed by atoms with Gasteiger partial charge < -0.3 is 15.5 Å². The third-order valence-corrected chi connectivity index (χ3v) is 3.78. The lowest BCUT2D eigenvalue weighted by Gasteiger charge is -2.19. The van der Waals surface area contributed by atoms with Gasteiger partial charge in [0.2, 0.25) is 0 Å². The minimum atomic E-state index is -0.492. The van der Waals surface area contributed by atoms with Crippen LogP contribution in [0, 0.1) is 0 Å². The summed E-state index contributed by atoms with van der Waals surface area (Å²) in [5.41, 5.74) is 7.23. The first kappa shape index (κ1) is 23.0. The Hall–Kier alpha value is -2.09. The van der Waals surface area contributed by atoms with Gasteiger partial charge in [-0.1, -0.05) is 0 Å². The molecule has 0 bridgehead atoms. The second-order valence-electron chi connectivity index (χ2n) is 7.12. The van der Waals surface area contributed by atoms with Crippen molar-refractivity contribution < 1.29 is 9.21 Å². The highest BCUT2D eigenvalue weighted by Gasteiger charge is 2.20. The summed E-state index contributed by atoms with van der Waals surface area (Å²) in [6.07, 6.45) is 3.26. The first-order valence-electron chi connectivity index (χ1n) is 8.25. The van der Waals surface area contributed by atoms with Crippen LogP contribution in [-0.2, 0) is 0 Å². The van der Waals surface area contributed by atoms with Crippen LogP contribution in [0.4, 0.5) is 0 Å². The van der Waals surface area contributed by atoms with Crippen molar-refractivity contribution in [2.75, 3.05) is 6.54 Å². The molecule has 148 valence electrons. The van der Waals surface area contributed by atoms with E-state index in [1.54, 1.807) is 29.3 Å². The number of nitrogens with two attached hydrogens (primary N) is 1. The Balaban J connectivity index is 0.00000182. The van der Waals surface area contributed by atoms with E-state index in [1.807, 2.05) is 33.8 Å². The van der Waals surface area contributed by atoms with Crippen molar-refractivity contribution >= 4 is 41.8 Å². The topological polar surface area (TPSA) is 99.0 Å². The summed E-state index contributed by atoms with van der Waals surface area (Å²) in [4.78, 5) is 17.4. The van der Waals surface area contributed by atoms with E-state index in [9.17, 15) is 4.79 Å². The Labute approximate surface area is 170 Å². The van der Waals surface area contributed by atoms with Gasteiger partial charge in [0.15, 0.2) is 11.4 Å². The van der Waals surface area contributed by atoms with Gasteiger partial charge in [-0.05, 0) is 45.9 Å². The van der Waals surface area contributed by atoms with Gasteiger partial charge in [-0.25, -0.2) is 9.67 Å². The smallest absolute Gasteiger partial charge is 0.252 e. The highest BCUT2D eigenvalue weighted by Crippen LogP contribution is 2.26. The number of pyridine rings is 1. The van der Waals surface area contributed by atoms with Crippen molar-refractivity contribution in [3.63, 3.8) is 0 Å². The fraction of sp³-hybridized carbons (Fsp3) is 0.389. The molecule has 7 nitrogen and oxygen atoms in total. The van der Waals surface area contributed by atoms with Gasteiger partial charge >= 0.3 is 0 Å². The summed E-state index contributed by atoms with van der Waals surface area (Å²) < 4.78 is 7.25. The van der Waals surface area contributed by atoms with Crippen molar-refractivity contribution in [3.8, 4) is 11.5 Å². The molecule has 3 rings (SSSR count). The zero-order chi connectivity index (χ0) is 18.2. The zero-order valence-corrected chi connectivity index (χ0v) is 17.4. The molecule has 0 aliphatic rings. The number of furan rings is 1. The van der Waals surface area contributed by atoms with Crippen LogP contribution in [-0.4, -0.2) is 32.8 Å². The van der Waals surface area contributed by atoms with Gasteiger partial charge in [0.1, 0.15) is 5.69 Å². The molecular formula is C18H25Cl2N5O2. The molecule has 0 atom stereocenters. The molecule has 0 aromatic carbocycles. The highest BCUT2D eigenvalue weighted by atomic mass is 35.5. The molecule has 3 aromatic heterocycles. The molecule has 1 amide bonds. The Bertz CT molecular complexity index is 899. The van der Waals surface area contributed by atoms with Gasteiger partial charge in [-0.15, -0.1) is 24.8 Å². The van der Waals surface area contributed by atoms with E-state index in [0.29, 0.717) is 34.6 Å². The number of carbonyl (C=O) groups excluding carboxylic acids is 1. The highest BCUT2D eigenvalue weighted by molar-refractivity contribution is 6.06. The quantitative estimate of drug-likeness (QED) is 0.665. The molecule has 0 saturated heterocycles. The third kappa shape index (κ3) is 5.00. The van der Waals surface area contributed by atoms with Gasteiger partial charge in [0, 0.05) is 18.1 Å². The van der Waals surface area contributed by atoms with Crippen LogP contribution in [0.3, 0.4) is 0 Å². The van der Waals surface area contributed by atoms with Crippen LogP contribution >= 0.6 is 24.8 Å². The van der Waals surface area contributed by atoms with Crippen LogP contribution in [0.5, 0.6) is 0 Å². The van der Waals surface area contributed by atoms with E-state index < -0.39 is 5.54 Å². The number of hydrogen-bond acceptors (Lipinski definition) is 5. The molecule has 3 aromatic rings. The van der Waals surface area contributed by atoms with Gasteiger partial charge in [-0.3, -0.25) is 4.79 Å². The number of nitrogens with one attached hydrogen (secondary N) is 1. The number of nitrogens with zero attached hydrogens (tertiary/aromatic N) is 3. The maximum Gasteiger partial charge on any atom is 0.252 e. The van der Waals surface area contributed by atoms with E-state index >= 15 is 0 Å². The molecule has 0 aliphatic heterocycles. The molecule has 9 heteroatoms. The molecular weight excluding hydrogens is 389 g/mol. The van der Waals surface area contributed by atoms with Crippen molar-refractivity contribution in [2.45, 2.75) is 39.3 Å². The maximum atomic E-state index is 12.7. The molecule has 3 N–H and O–H groups in total. The standard InChI is InChI=1S/C18H23N5O2.2ClH/c1-11(2)23-16-13(9-21-23)12(17(24)20-10-18(3,4)19)8-14(22-16)15-6-5-7-25-15;;/h5-9,11H,10,19H2,1-4H3,(H,20,24);2*1H. The lowest BCUT2D eigenvalue weighted by atomic mass is 10.1. The number of fused-ring (bicyclic) bond motifs is 1. The molecule has 0 unspecified atom stereocenters. The van der Waals surface area contributed by atoms with E-state index in [-0.39, 0.29) is 36.8 Å². The maximum absolute atomic E-state index is 12.7. The second kappa shape index (κ2) is 8.73. The van der Waals surface area contributed by atoms with Crippen LogP contribution in [0.2, 0.25) is 0 Å². The Morgan fingerprint density at radius 1 is 1.37 bits per heavy atom.